The highest BCUT2D eigenvalue weighted by atomic mass is 16.5. The van der Waals surface area contributed by atoms with Crippen molar-refractivity contribution >= 4 is 29.2 Å². The Morgan fingerprint density at radius 1 is 1.22 bits per heavy atom. The van der Waals surface area contributed by atoms with Gasteiger partial charge in [-0.25, -0.2) is 4.79 Å². The number of hydrogen-bond donors (Lipinski definition) is 3. The van der Waals surface area contributed by atoms with Gasteiger partial charge in [-0.15, -0.1) is 0 Å². The van der Waals surface area contributed by atoms with E-state index >= 15 is 0 Å². The molecule has 3 rings (SSSR count). The predicted octanol–water partition coefficient (Wildman–Crippen LogP) is 4.60. The second kappa shape index (κ2) is 11.0. The first-order valence-corrected chi connectivity index (χ1v) is 11.1. The molecule has 1 atom stereocenters. The summed E-state index contributed by atoms with van der Waals surface area (Å²) in [5.74, 6) is -0.0561. The van der Waals surface area contributed by atoms with Crippen molar-refractivity contribution in [2.24, 2.45) is 0 Å². The van der Waals surface area contributed by atoms with Crippen LogP contribution in [-0.2, 0) is 9.53 Å². The highest BCUT2D eigenvalue weighted by Crippen LogP contribution is 2.35. The fraction of sp³-hybridized carbons (Fsp3) is 0.522. The Morgan fingerprint density at radius 3 is 2.56 bits per heavy atom. The SMILES string of the molecule is CC[C@H](CC(=O)O)c1ccc(N(CC)C2CCOCC2)c(NC(=O)Nc2cc(C)on2)c1. The normalized spacial score (nSPS) is 15.2. The van der Waals surface area contributed by atoms with Gasteiger partial charge in [0.25, 0.3) is 0 Å². The quantitative estimate of drug-likeness (QED) is 0.517. The first-order valence-electron chi connectivity index (χ1n) is 11.1. The lowest BCUT2D eigenvalue weighted by atomic mass is 9.92. The van der Waals surface area contributed by atoms with Gasteiger partial charge in [0.05, 0.1) is 17.8 Å². The van der Waals surface area contributed by atoms with E-state index in [1.807, 2.05) is 25.1 Å². The number of rotatable bonds is 9. The summed E-state index contributed by atoms with van der Waals surface area (Å²) in [5, 5.41) is 18.7. The summed E-state index contributed by atoms with van der Waals surface area (Å²) in [6.07, 6.45) is 2.55. The largest absolute Gasteiger partial charge is 0.481 e. The van der Waals surface area contributed by atoms with Crippen molar-refractivity contribution in [3.63, 3.8) is 0 Å². The van der Waals surface area contributed by atoms with E-state index in [1.54, 1.807) is 13.0 Å². The maximum Gasteiger partial charge on any atom is 0.325 e. The summed E-state index contributed by atoms with van der Waals surface area (Å²) >= 11 is 0. The lowest BCUT2D eigenvalue weighted by Gasteiger charge is -2.36. The number of aliphatic carboxylic acids is 1. The van der Waals surface area contributed by atoms with E-state index in [4.69, 9.17) is 9.26 Å². The molecule has 1 aromatic carbocycles. The molecule has 9 heteroatoms. The molecule has 0 aliphatic carbocycles. The van der Waals surface area contributed by atoms with Gasteiger partial charge in [0, 0.05) is 31.9 Å². The molecule has 9 nitrogen and oxygen atoms in total. The van der Waals surface area contributed by atoms with Gasteiger partial charge in [-0.3, -0.25) is 10.1 Å². The molecule has 1 saturated heterocycles. The van der Waals surface area contributed by atoms with Crippen LogP contribution in [-0.4, -0.2) is 48.1 Å². The average molecular weight is 445 g/mol. The lowest BCUT2D eigenvalue weighted by Crippen LogP contribution is -2.40. The second-order valence-corrected chi connectivity index (χ2v) is 8.01. The topological polar surface area (TPSA) is 117 Å². The van der Waals surface area contributed by atoms with Crippen LogP contribution in [0.25, 0.3) is 0 Å². The van der Waals surface area contributed by atoms with E-state index in [0.717, 1.165) is 30.6 Å². The molecule has 3 N–H and O–H groups in total. The number of hydrogen-bond acceptors (Lipinski definition) is 6. The van der Waals surface area contributed by atoms with Gasteiger partial charge in [-0.1, -0.05) is 18.1 Å². The van der Waals surface area contributed by atoms with Crippen molar-refractivity contribution in [2.45, 2.75) is 58.4 Å². The molecule has 1 aliphatic heterocycles. The zero-order chi connectivity index (χ0) is 23.1. The number of carbonyl (C=O) groups is 2. The molecular weight excluding hydrogens is 412 g/mol. The molecule has 0 spiro atoms. The van der Waals surface area contributed by atoms with Crippen LogP contribution in [0.5, 0.6) is 0 Å². The van der Waals surface area contributed by atoms with Gasteiger partial charge in [0.1, 0.15) is 5.76 Å². The highest BCUT2D eigenvalue weighted by Gasteiger charge is 2.24. The van der Waals surface area contributed by atoms with E-state index in [1.165, 1.54) is 0 Å². The van der Waals surface area contributed by atoms with Crippen molar-refractivity contribution in [2.75, 3.05) is 35.3 Å². The first kappa shape index (κ1) is 23.6. The Labute approximate surface area is 188 Å². The predicted molar refractivity (Wildman–Crippen MR) is 122 cm³/mol. The highest BCUT2D eigenvalue weighted by molar-refractivity contribution is 6.01. The maximum absolute atomic E-state index is 12.7. The number of amides is 2. The van der Waals surface area contributed by atoms with E-state index < -0.39 is 12.0 Å². The number of benzene rings is 1. The molecule has 174 valence electrons. The summed E-state index contributed by atoms with van der Waals surface area (Å²) in [6.45, 7) is 8.00. The van der Waals surface area contributed by atoms with E-state index in [9.17, 15) is 14.7 Å². The molecule has 2 amide bonds. The lowest BCUT2D eigenvalue weighted by molar-refractivity contribution is -0.137. The van der Waals surface area contributed by atoms with Gasteiger partial charge in [0.2, 0.25) is 0 Å². The van der Waals surface area contributed by atoms with Crippen molar-refractivity contribution in [3.8, 4) is 0 Å². The number of aryl methyl sites for hydroxylation is 1. The van der Waals surface area contributed by atoms with Gasteiger partial charge in [-0.05, 0) is 56.7 Å². The Bertz CT molecular complexity index is 923. The number of carboxylic acid groups (broad SMARTS) is 1. The molecule has 1 aliphatic rings. The molecule has 1 aromatic heterocycles. The second-order valence-electron chi connectivity index (χ2n) is 8.01. The Hall–Kier alpha value is -3.07. The van der Waals surface area contributed by atoms with Crippen LogP contribution in [0.15, 0.2) is 28.8 Å². The molecule has 2 heterocycles. The molecule has 0 radical (unpaired) electrons. The first-order chi connectivity index (χ1) is 15.4. The fourth-order valence-corrected chi connectivity index (χ4v) is 4.18. The third-order valence-corrected chi connectivity index (χ3v) is 5.81. The molecule has 0 bridgehead atoms. The van der Waals surface area contributed by atoms with Crippen molar-refractivity contribution < 1.29 is 24.0 Å². The van der Waals surface area contributed by atoms with Gasteiger partial charge in [0.15, 0.2) is 5.82 Å². The summed E-state index contributed by atoms with van der Waals surface area (Å²) in [6, 6.07) is 7.35. The Morgan fingerprint density at radius 2 is 1.97 bits per heavy atom. The van der Waals surface area contributed by atoms with Crippen LogP contribution in [0.1, 0.15) is 56.8 Å². The van der Waals surface area contributed by atoms with E-state index in [-0.39, 0.29) is 12.3 Å². The third-order valence-electron chi connectivity index (χ3n) is 5.81. The number of anilines is 3. The number of ether oxygens (including phenoxy) is 1. The number of carbonyl (C=O) groups excluding carboxylic acids is 1. The smallest absolute Gasteiger partial charge is 0.325 e. The van der Waals surface area contributed by atoms with Gasteiger partial charge < -0.3 is 24.6 Å². The minimum atomic E-state index is -0.841. The zero-order valence-electron chi connectivity index (χ0n) is 18.9. The van der Waals surface area contributed by atoms with Crippen LogP contribution >= 0.6 is 0 Å². The van der Waals surface area contributed by atoms with Crippen LogP contribution < -0.4 is 15.5 Å². The van der Waals surface area contributed by atoms with Crippen LogP contribution in [0.4, 0.5) is 22.0 Å². The van der Waals surface area contributed by atoms with Crippen LogP contribution in [0.2, 0.25) is 0 Å². The molecule has 0 saturated carbocycles. The van der Waals surface area contributed by atoms with Crippen LogP contribution in [0, 0.1) is 6.92 Å². The monoisotopic (exact) mass is 444 g/mol. The van der Waals surface area contributed by atoms with Gasteiger partial charge in [-0.2, -0.15) is 0 Å². The Balaban J connectivity index is 1.91. The average Bonchev–Trinajstić information content (AvgIpc) is 3.18. The summed E-state index contributed by atoms with van der Waals surface area (Å²) < 4.78 is 10.5. The van der Waals surface area contributed by atoms with E-state index in [2.05, 4.69) is 27.6 Å². The number of nitrogens with one attached hydrogen (secondary N) is 2. The number of carboxylic acids is 1. The summed E-state index contributed by atoms with van der Waals surface area (Å²) in [7, 11) is 0. The number of aromatic nitrogens is 1. The number of urea groups is 1. The maximum atomic E-state index is 12.7. The minimum absolute atomic E-state index is 0.0388. The summed E-state index contributed by atoms with van der Waals surface area (Å²) in [5.41, 5.74) is 2.42. The minimum Gasteiger partial charge on any atom is -0.481 e. The molecule has 32 heavy (non-hydrogen) atoms. The standard InChI is InChI=1S/C23H32N4O5/c1-4-16(14-22(28)29)17-6-7-20(27(5-2)18-8-10-31-11-9-18)19(13-17)24-23(30)25-21-12-15(3)32-26-21/h6-7,12-13,16,18H,4-5,8-11,14H2,1-3H3,(H,28,29)(H2,24,25,26,30)/t16-/m1/s1. The summed E-state index contributed by atoms with van der Waals surface area (Å²) in [4.78, 5) is 26.3. The van der Waals surface area contributed by atoms with Gasteiger partial charge >= 0.3 is 12.0 Å². The van der Waals surface area contributed by atoms with Crippen molar-refractivity contribution in [1.82, 2.24) is 5.16 Å². The van der Waals surface area contributed by atoms with E-state index in [0.29, 0.717) is 42.9 Å². The molecule has 1 fully saturated rings. The van der Waals surface area contributed by atoms with Crippen molar-refractivity contribution in [1.29, 1.82) is 0 Å². The number of nitrogens with zero attached hydrogens (tertiary/aromatic N) is 2. The third kappa shape index (κ3) is 6.00. The Kier molecular flexibility index (Phi) is 8.10. The molecule has 2 aromatic rings. The zero-order valence-corrected chi connectivity index (χ0v) is 18.9. The fourth-order valence-electron chi connectivity index (χ4n) is 4.18. The molecule has 0 unspecified atom stereocenters. The van der Waals surface area contributed by atoms with Crippen LogP contribution in [0.3, 0.4) is 0 Å². The molecular formula is C23H32N4O5. The van der Waals surface area contributed by atoms with Crippen molar-refractivity contribution in [3.05, 3.63) is 35.6 Å².